The van der Waals surface area contributed by atoms with Crippen molar-refractivity contribution < 1.29 is 5.11 Å². The van der Waals surface area contributed by atoms with Gasteiger partial charge < -0.3 is 5.11 Å². The van der Waals surface area contributed by atoms with Gasteiger partial charge in [0.2, 0.25) is 0 Å². The highest BCUT2D eigenvalue weighted by Crippen LogP contribution is 2.18. The van der Waals surface area contributed by atoms with E-state index in [9.17, 15) is 0 Å². The van der Waals surface area contributed by atoms with Crippen LogP contribution in [0.5, 0.6) is 0 Å². The van der Waals surface area contributed by atoms with Crippen LogP contribution in [0.25, 0.3) is 5.82 Å². The summed E-state index contributed by atoms with van der Waals surface area (Å²) in [5.41, 5.74) is 1.59. The lowest BCUT2D eigenvalue weighted by atomic mass is 10.3. The number of hydrogen-bond donors (Lipinski definition) is 1. The molecule has 0 aliphatic heterocycles. The standard InChI is InChI=1S/C10H10ClN3O/c1-7-2-3-14(13-7)10-9(11)4-8(6-15)5-12-10/h2-5,15H,6H2,1H3. The number of nitrogens with zero attached hydrogens (tertiary/aromatic N) is 3. The molecule has 2 aromatic rings. The third-order valence-electron chi connectivity index (χ3n) is 2.00. The van der Waals surface area contributed by atoms with Gasteiger partial charge in [-0.25, -0.2) is 9.67 Å². The van der Waals surface area contributed by atoms with Crippen molar-refractivity contribution in [3.8, 4) is 5.82 Å². The topological polar surface area (TPSA) is 50.9 Å². The molecule has 2 heterocycles. The normalized spacial score (nSPS) is 10.6. The van der Waals surface area contributed by atoms with E-state index in [1.165, 1.54) is 0 Å². The highest BCUT2D eigenvalue weighted by molar-refractivity contribution is 6.32. The molecule has 4 nitrogen and oxygen atoms in total. The smallest absolute Gasteiger partial charge is 0.172 e. The Morgan fingerprint density at radius 1 is 1.53 bits per heavy atom. The minimum Gasteiger partial charge on any atom is -0.392 e. The van der Waals surface area contributed by atoms with Crippen molar-refractivity contribution in [2.24, 2.45) is 0 Å². The van der Waals surface area contributed by atoms with Crippen molar-refractivity contribution in [2.75, 3.05) is 0 Å². The summed E-state index contributed by atoms with van der Waals surface area (Å²) in [5, 5.41) is 13.6. The van der Waals surface area contributed by atoms with Crippen LogP contribution in [0.3, 0.4) is 0 Å². The number of rotatable bonds is 2. The van der Waals surface area contributed by atoms with Crippen LogP contribution in [0, 0.1) is 6.92 Å². The molecule has 0 aliphatic rings. The molecule has 0 radical (unpaired) electrons. The fourth-order valence-electron chi connectivity index (χ4n) is 1.26. The molecular formula is C10H10ClN3O. The SMILES string of the molecule is Cc1ccn(-c2ncc(CO)cc2Cl)n1. The fraction of sp³-hybridized carbons (Fsp3) is 0.200. The van der Waals surface area contributed by atoms with Crippen molar-refractivity contribution >= 4 is 11.6 Å². The van der Waals surface area contributed by atoms with E-state index in [0.717, 1.165) is 5.69 Å². The summed E-state index contributed by atoms with van der Waals surface area (Å²) in [6, 6.07) is 3.55. The second-order valence-corrected chi connectivity index (χ2v) is 3.62. The zero-order valence-corrected chi connectivity index (χ0v) is 8.94. The first kappa shape index (κ1) is 10.1. The van der Waals surface area contributed by atoms with Crippen molar-refractivity contribution in [1.82, 2.24) is 14.8 Å². The number of aryl methyl sites for hydroxylation is 1. The predicted molar refractivity (Wildman–Crippen MR) is 57.0 cm³/mol. The van der Waals surface area contributed by atoms with Crippen LogP contribution in [0.2, 0.25) is 5.02 Å². The van der Waals surface area contributed by atoms with E-state index in [2.05, 4.69) is 10.1 Å². The largest absolute Gasteiger partial charge is 0.392 e. The monoisotopic (exact) mass is 223 g/mol. The molecule has 15 heavy (non-hydrogen) atoms. The molecule has 0 atom stereocenters. The molecule has 0 amide bonds. The number of pyridine rings is 1. The van der Waals surface area contributed by atoms with E-state index in [1.807, 2.05) is 13.0 Å². The van der Waals surface area contributed by atoms with E-state index in [4.69, 9.17) is 16.7 Å². The summed E-state index contributed by atoms with van der Waals surface area (Å²) in [7, 11) is 0. The van der Waals surface area contributed by atoms with E-state index < -0.39 is 0 Å². The highest BCUT2D eigenvalue weighted by atomic mass is 35.5. The Bertz CT molecular complexity index is 481. The zero-order valence-electron chi connectivity index (χ0n) is 8.18. The maximum Gasteiger partial charge on any atom is 0.172 e. The second kappa shape index (κ2) is 4.00. The molecule has 5 heteroatoms. The Labute approximate surface area is 92.1 Å². The van der Waals surface area contributed by atoms with Crippen LogP contribution in [0.15, 0.2) is 24.5 Å². The Hall–Kier alpha value is -1.39. The molecule has 0 saturated heterocycles. The van der Waals surface area contributed by atoms with E-state index in [0.29, 0.717) is 16.4 Å². The highest BCUT2D eigenvalue weighted by Gasteiger charge is 2.06. The number of halogens is 1. The van der Waals surface area contributed by atoms with E-state index >= 15 is 0 Å². The predicted octanol–water partition coefficient (Wildman–Crippen LogP) is 1.72. The van der Waals surface area contributed by atoms with Gasteiger partial charge in [0, 0.05) is 12.4 Å². The van der Waals surface area contributed by atoms with Gasteiger partial charge in [-0.3, -0.25) is 0 Å². The lowest BCUT2D eigenvalue weighted by molar-refractivity contribution is 0.281. The van der Waals surface area contributed by atoms with Gasteiger partial charge in [-0.05, 0) is 24.6 Å². The van der Waals surface area contributed by atoms with Gasteiger partial charge in [-0.15, -0.1) is 0 Å². The molecular weight excluding hydrogens is 214 g/mol. The Kier molecular flexibility index (Phi) is 2.70. The minimum atomic E-state index is -0.0644. The molecule has 2 aromatic heterocycles. The van der Waals surface area contributed by atoms with Crippen LogP contribution in [-0.2, 0) is 6.61 Å². The summed E-state index contributed by atoms with van der Waals surface area (Å²) in [6.45, 7) is 1.83. The Balaban J connectivity index is 2.45. The molecule has 2 rings (SSSR count). The first-order valence-electron chi connectivity index (χ1n) is 4.48. The molecule has 0 aliphatic carbocycles. The zero-order chi connectivity index (χ0) is 10.8. The average Bonchev–Trinajstić information content (AvgIpc) is 2.64. The van der Waals surface area contributed by atoms with Gasteiger partial charge in [-0.2, -0.15) is 5.10 Å². The van der Waals surface area contributed by atoms with Crippen LogP contribution in [0.4, 0.5) is 0 Å². The second-order valence-electron chi connectivity index (χ2n) is 3.21. The van der Waals surface area contributed by atoms with E-state index in [-0.39, 0.29) is 6.61 Å². The van der Waals surface area contributed by atoms with E-state index in [1.54, 1.807) is 23.1 Å². The van der Waals surface area contributed by atoms with Crippen LogP contribution >= 0.6 is 11.6 Å². The number of aliphatic hydroxyl groups excluding tert-OH is 1. The molecule has 0 bridgehead atoms. The fourth-order valence-corrected chi connectivity index (χ4v) is 1.53. The molecule has 0 aromatic carbocycles. The number of aromatic nitrogens is 3. The Morgan fingerprint density at radius 3 is 2.87 bits per heavy atom. The Morgan fingerprint density at radius 2 is 2.33 bits per heavy atom. The molecule has 78 valence electrons. The summed E-state index contributed by atoms with van der Waals surface area (Å²) in [6.07, 6.45) is 3.38. The van der Waals surface area contributed by atoms with Gasteiger partial charge >= 0.3 is 0 Å². The number of hydrogen-bond acceptors (Lipinski definition) is 3. The molecule has 0 fully saturated rings. The van der Waals surface area contributed by atoms with Gasteiger partial charge in [-0.1, -0.05) is 11.6 Å². The molecule has 0 saturated carbocycles. The van der Waals surface area contributed by atoms with Crippen molar-refractivity contribution in [2.45, 2.75) is 13.5 Å². The van der Waals surface area contributed by atoms with Crippen molar-refractivity contribution in [3.63, 3.8) is 0 Å². The molecule has 0 spiro atoms. The third kappa shape index (κ3) is 2.00. The van der Waals surface area contributed by atoms with Gasteiger partial charge in [0.1, 0.15) is 0 Å². The van der Waals surface area contributed by atoms with Crippen LogP contribution in [0.1, 0.15) is 11.3 Å². The summed E-state index contributed by atoms with van der Waals surface area (Å²) in [4.78, 5) is 4.14. The quantitative estimate of drug-likeness (QED) is 0.844. The van der Waals surface area contributed by atoms with Gasteiger partial charge in [0.05, 0.1) is 17.3 Å². The van der Waals surface area contributed by atoms with Gasteiger partial charge in [0.25, 0.3) is 0 Å². The van der Waals surface area contributed by atoms with Crippen LogP contribution in [-0.4, -0.2) is 19.9 Å². The first-order chi connectivity index (χ1) is 7.20. The maximum absolute atomic E-state index is 8.91. The molecule has 1 N–H and O–H groups in total. The minimum absolute atomic E-state index is 0.0644. The molecule has 0 unspecified atom stereocenters. The average molecular weight is 224 g/mol. The van der Waals surface area contributed by atoms with Crippen LogP contribution < -0.4 is 0 Å². The summed E-state index contributed by atoms with van der Waals surface area (Å²) < 4.78 is 1.61. The number of aliphatic hydroxyl groups is 1. The first-order valence-corrected chi connectivity index (χ1v) is 4.86. The van der Waals surface area contributed by atoms with Crippen molar-refractivity contribution in [1.29, 1.82) is 0 Å². The maximum atomic E-state index is 8.91. The lowest BCUT2D eigenvalue weighted by Gasteiger charge is -2.04. The van der Waals surface area contributed by atoms with Gasteiger partial charge in [0.15, 0.2) is 5.82 Å². The third-order valence-corrected chi connectivity index (χ3v) is 2.28. The summed E-state index contributed by atoms with van der Waals surface area (Å²) >= 11 is 6.02. The lowest BCUT2D eigenvalue weighted by Crippen LogP contribution is -2.00. The van der Waals surface area contributed by atoms with Crippen molar-refractivity contribution in [3.05, 3.63) is 40.8 Å². The summed E-state index contributed by atoms with van der Waals surface area (Å²) in [5.74, 6) is 0.571.